The minimum Gasteiger partial charge on any atom is -0.469 e. The number of pyridine rings is 1. The van der Waals surface area contributed by atoms with Gasteiger partial charge in [0.2, 0.25) is 11.8 Å². The maximum Gasteiger partial charge on any atom is 0.423 e. The zero-order valence-corrected chi connectivity index (χ0v) is 16.1. The monoisotopic (exact) mass is 416 g/mol. The lowest BCUT2D eigenvalue weighted by molar-refractivity contribution is -0.142. The molecule has 1 aliphatic rings. The zero-order chi connectivity index (χ0) is 21.1. The summed E-state index contributed by atoms with van der Waals surface area (Å²) >= 11 is 0. The van der Waals surface area contributed by atoms with Crippen LogP contribution in [0.4, 0.5) is 19.1 Å². The second-order valence-corrected chi connectivity index (χ2v) is 6.96. The Labute approximate surface area is 171 Å². The molecule has 0 unspecified atom stereocenters. The van der Waals surface area contributed by atoms with Gasteiger partial charge >= 0.3 is 6.18 Å². The van der Waals surface area contributed by atoms with Crippen LogP contribution in [-0.2, 0) is 17.5 Å². The molecule has 1 N–H and O–H groups in total. The summed E-state index contributed by atoms with van der Waals surface area (Å²) in [5.74, 6) is -0.433. The van der Waals surface area contributed by atoms with Crippen LogP contribution in [0.15, 0.2) is 48.8 Å². The van der Waals surface area contributed by atoms with E-state index in [1.807, 2.05) is 43.3 Å². The molecule has 1 fully saturated rings. The molecule has 2 aromatic heterocycles. The predicted molar refractivity (Wildman–Crippen MR) is 104 cm³/mol. The molecule has 0 aliphatic carbocycles. The highest BCUT2D eigenvalue weighted by Crippen LogP contribution is 2.35. The van der Waals surface area contributed by atoms with E-state index in [0.29, 0.717) is 6.54 Å². The van der Waals surface area contributed by atoms with Crippen molar-refractivity contribution in [2.75, 3.05) is 18.5 Å². The van der Waals surface area contributed by atoms with Crippen molar-refractivity contribution in [1.82, 2.24) is 15.0 Å². The van der Waals surface area contributed by atoms with Gasteiger partial charge in [-0.2, -0.15) is 18.2 Å². The largest absolute Gasteiger partial charge is 0.469 e. The Kier molecular flexibility index (Phi) is 5.54. The highest BCUT2D eigenvalue weighted by Gasteiger charge is 2.37. The Morgan fingerprint density at radius 1 is 1.13 bits per heavy atom. The summed E-state index contributed by atoms with van der Waals surface area (Å²) in [5, 5.41) is 2.94. The lowest BCUT2D eigenvalue weighted by atomic mass is 10.1. The van der Waals surface area contributed by atoms with Crippen molar-refractivity contribution in [1.29, 1.82) is 0 Å². The van der Waals surface area contributed by atoms with Crippen LogP contribution in [0.25, 0.3) is 11.3 Å². The van der Waals surface area contributed by atoms with E-state index < -0.39 is 23.7 Å². The Hall–Kier alpha value is -3.20. The summed E-state index contributed by atoms with van der Waals surface area (Å²) < 4.78 is 49.8. The van der Waals surface area contributed by atoms with Crippen LogP contribution in [0.5, 0.6) is 5.88 Å². The number of hydrogen-bond acceptors (Lipinski definition) is 6. The summed E-state index contributed by atoms with van der Waals surface area (Å²) in [7, 11) is 0. The molecular formula is C21H19F3N4O2. The third-order valence-corrected chi connectivity index (χ3v) is 4.56. The number of anilines is 1. The molecule has 0 spiro atoms. The molecule has 0 amide bonds. The van der Waals surface area contributed by atoms with Crippen molar-refractivity contribution >= 4 is 5.95 Å². The second kappa shape index (κ2) is 8.27. The molecule has 4 rings (SSSR count). The Morgan fingerprint density at radius 3 is 2.53 bits per heavy atom. The van der Waals surface area contributed by atoms with Crippen molar-refractivity contribution < 1.29 is 22.6 Å². The van der Waals surface area contributed by atoms with Crippen molar-refractivity contribution in [3.05, 3.63) is 65.5 Å². The van der Waals surface area contributed by atoms with Crippen LogP contribution in [0, 0.1) is 6.92 Å². The van der Waals surface area contributed by atoms with Crippen LogP contribution in [0.2, 0.25) is 0 Å². The fourth-order valence-corrected chi connectivity index (χ4v) is 2.84. The second-order valence-electron chi connectivity index (χ2n) is 6.96. The summed E-state index contributed by atoms with van der Waals surface area (Å²) in [6.45, 7) is 2.83. The smallest absolute Gasteiger partial charge is 0.423 e. The molecule has 6 nitrogen and oxygen atoms in total. The van der Waals surface area contributed by atoms with Gasteiger partial charge in [-0.05, 0) is 30.2 Å². The first-order valence-corrected chi connectivity index (χ1v) is 9.33. The number of halogens is 3. The van der Waals surface area contributed by atoms with E-state index in [0.717, 1.165) is 28.6 Å². The van der Waals surface area contributed by atoms with Gasteiger partial charge in [0.15, 0.2) is 0 Å². The fourth-order valence-electron chi connectivity index (χ4n) is 2.84. The van der Waals surface area contributed by atoms with E-state index in [4.69, 9.17) is 9.47 Å². The number of benzene rings is 1. The van der Waals surface area contributed by atoms with Gasteiger partial charge in [0.1, 0.15) is 11.7 Å². The number of nitrogens with zero attached hydrogens (tertiary/aromatic N) is 3. The van der Waals surface area contributed by atoms with Gasteiger partial charge < -0.3 is 14.8 Å². The molecule has 3 aromatic rings. The topological polar surface area (TPSA) is 69.2 Å². The van der Waals surface area contributed by atoms with Gasteiger partial charge in [-0.3, -0.25) is 4.98 Å². The van der Waals surface area contributed by atoms with E-state index in [1.54, 1.807) is 6.20 Å². The standard InChI is InChI=1S/C21H19F3N4O2/c1-13-6-7-25-18(8-13)15-4-2-14(3-5-15)9-26-20-27-10-17(21(22,23)24)19(28-20)30-16-11-29-12-16/h2-8,10,16H,9,11-12H2,1H3,(H,26,27,28). The number of ether oxygens (including phenoxy) is 2. The first kappa shape index (κ1) is 20.1. The molecule has 30 heavy (non-hydrogen) atoms. The maximum absolute atomic E-state index is 13.2. The molecule has 0 atom stereocenters. The minimum absolute atomic E-state index is 0.0580. The fraction of sp³-hybridized carbons (Fsp3) is 0.286. The molecule has 0 radical (unpaired) electrons. The summed E-state index contributed by atoms with van der Waals surface area (Å²) in [4.78, 5) is 12.1. The SMILES string of the molecule is Cc1ccnc(-c2ccc(CNc3ncc(C(F)(F)F)c(OC4COC4)n3)cc2)c1. The Morgan fingerprint density at radius 2 is 1.90 bits per heavy atom. The van der Waals surface area contributed by atoms with Crippen molar-refractivity contribution in [2.45, 2.75) is 25.7 Å². The quantitative estimate of drug-likeness (QED) is 0.648. The average molecular weight is 416 g/mol. The highest BCUT2D eigenvalue weighted by atomic mass is 19.4. The van der Waals surface area contributed by atoms with E-state index in [1.165, 1.54) is 0 Å². The molecule has 0 bridgehead atoms. The molecule has 9 heteroatoms. The number of alkyl halides is 3. The number of rotatable bonds is 6. The van der Waals surface area contributed by atoms with Crippen molar-refractivity contribution in [2.24, 2.45) is 0 Å². The van der Waals surface area contributed by atoms with Crippen LogP contribution >= 0.6 is 0 Å². The van der Waals surface area contributed by atoms with Crippen LogP contribution in [-0.4, -0.2) is 34.3 Å². The molecule has 1 aliphatic heterocycles. The van der Waals surface area contributed by atoms with Gasteiger partial charge in [-0.25, -0.2) is 4.98 Å². The summed E-state index contributed by atoms with van der Waals surface area (Å²) in [6.07, 6.45) is -2.54. The maximum atomic E-state index is 13.2. The Bertz CT molecular complexity index is 1020. The lowest BCUT2D eigenvalue weighted by Crippen LogP contribution is -2.39. The number of aromatic nitrogens is 3. The van der Waals surface area contributed by atoms with E-state index >= 15 is 0 Å². The summed E-state index contributed by atoms with van der Waals surface area (Å²) in [6, 6.07) is 11.6. The third kappa shape index (κ3) is 4.68. The third-order valence-electron chi connectivity index (χ3n) is 4.56. The molecule has 3 heterocycles. The Balaban J connectivity index is 1.45. The van der Waals surface area contributed by atoms with Gasteiger partial charge in [-0.15, -0.1) is 0 Å². The van der Waals surface area contributed by atoms with Crippen molar-refractivity contribution in [3.8, 4) is 17.1 Å². The highest BCUT2D eigenvalue weighted by molar-refractivity contribution is 5.60. The van der Waals surface area contributed by atoms with E-state index in [2.05, 4.69) is 20.3 Å². The van der Waals surface area contributed by atoms with Crippen LogP contribution < -0.4 is 10.1 Å². The number of nitrogens with one attached hydrogen (secondary N) is 1. The zero-order valence-electron chi connectivity index (χ0n) is 16.1. The first-order valence-electron chi connectivity index (χ1n) is 9.33. The minimum atomic E-state index is -4.60. The van der Waals surface area contributed by atoms with Crippen molar-refractivity contribution in [3.63, 3.8) is 0 Å². The first-order chi connectivity index (χ1) is 14.4. The molecule has 1 aromatic carbocycles. The molecule has 156 valence electrons. The van der Waals surface area contributed by atoms with Gasteiger partial charge in [0.25, 0.3) is 0 Å². The molecule has 0 saturated carbocycles. The number of aryl methyl sites for hydroxylation is 1. The van der Waals surface area contributed by atoms with Gasteiger partial charge in [0, 0.05) is 24.5 Å². The van der Waals surface area contributed by atoms with Gasteiger partial charge in [0.05, 0.1) is 18.9 Å². The van der Waals surface area contributed by atoms with E-state index in [-0.39, 0.29) is 19.2 Å². The average Bonchev–Trinajstić information content (AvgIpc) is 2.69. The summed E-state index contributed by atoms with van der Waals surface area (Å²) in [5.41, 5.74) is 2.89. The predicted octanol–water partition coefficient (Wildman–Crippen LogP) is 4.26. The van der Waals surface area contributed by atoms with E-state index in [9.17, 15) is 13.2 Å². The molecule has 1 saturated heterocycles. The van der Waals surface area contributed by atoms with Crippen LogP contribution in [0.1, 0.15) is 16.7 Å². The normalized spacial score (nSPS) is 14.3. The van der Waals surface area contributed by atoms with Gasteiger partial charge in [-0.1, -0.05) is 24.3 Å². The molecular weight excluding hydrogens is 397 g/mol. The van der Waals surface area contributed by atoms with Crippen LogP contribution in [0.3, 0.4) is 0 Å². The lowest BCUT2D eigenvalue weighted by Gasteiger charge is -2.27. The number of hydrogen-bond donors (Lipinski definition) is 1.